The molecule has 1 heterocycles. The molecule has 1 unspecified atom stereocenters. The fraction of sp³-hybridized carbons (Fsp3) is 0.364. The highest BCUT2D eigenvalue weighted by atomic mass is 35.5. The second-order valence-electron chi connectivity index (χ2n) is 7.01. The molecule has 5 heteroatoms. The summed E-state index contributed by atoms with van der Waals surface area (Å²) >= 11 is 11.8. The molecule has 1 saturated heterocycles. The number of hydrogen-bond acceptors (Lipinski definition) is 2. The summed E-state index contributed by atoms with van der Waals surface area (Å²) in [5.41, 5.74) is 1.82. The lowest BCUT2D eigenvalue weighted by Crippen LogP contribution is -2.34. The largest absolute Gasteiger partial charge is 0.342 e. The highest BCUT2D eigenvalue weighted by molar-refractivity contribution is 6.30. The Hall–Kier alpha value is -1.84. The van der Waals surface area contributed by atoms with Crippen LogP contribution in [0.2, 0.25) is 10.0 Å². The molecule has 1 amide bonds. The van der Waals surface area contributed by atoms with E-state index in [9.17, 15) is 9.59 Å². The smallest absolute Gasteiger partial charge is 0.223 e. The van der Waals surface area contributed by atoms with Gasteiger partial charge in [-0.2, -0.15) is 0 Å². The van der Waals surface area contributed by atoms with Crippen molar-refractivity contribution < 1.29 is 9.59 Å². The van der Waals surface area contributed by atoms with Gasteiger partial charge in [-0.15, -0.1) is 0 Å². The molecule has 3 rings (SSSR count). The maximum absolute atomic E-state index is 12.7. The Labute approximate surface area is 170 Å². The van der Waals surface area contributed by atoms with Gasteiger partial charge in [0.2, 0.25) is 5.91 Å². The predicted molar refractivity (Wildman–Crippen MR) is 110 cm³/mol. The van der Waals surface area contributed by atoms with Crippen molar-refractivity contribution in [3.63, 3.8) is 0 Å². The van der Waals surface area contributed by atoms with Gasteiger partial charge in [0.1, 0.15) is 0 Å². The van der Waals surface area contributed by atoms with Gasteiger partial charge < -0.3 is 4.90 Å². The monoisotopic (exact) mass is 403 g/mol. The van der Waals surface area contributed by atoms with Gasteiger partial charge >= 0.3 is 0 Å². The zero-order valence-corrected chi connectivity index (χ0v) is 16.7. The molecule has 1 atom stereocenters. The minimum absolute atomic E-state index is 0.0240. The van der Waals surface area contributed by atoms with Crippen LogP contribution in [0, 0.1) is 0 Å². The molecule has 3 nitrogen and oxygen atoms in total. The van der Waals surface area contributed by atoms with Crippen molar-refractivity contribution in [2.24, 2.45) is 0 Å². The van der Waals surface area contributed by atoms with E-state index >= 15 is 0 Å². The van der Waals surface area contributed by atoms with Crippen LogP contribution in [0.3, 0.4) is 0 Å². The SMILES string of the molecule is O=C(CCC(=O)N1CCCCC(c2ccc(Cl)cc2)C1)c1ccc(Cl)cc1. The summed E-state index contributed by atoms with van der Waals surface area (Å²) in [6.45, 7) is 1.47. The molecule has 142 valence electrons. The maximum Gasteiger partial charge on any atom is 0.223 e. The van der Waals surface area contributed by atoms with Crippen LogP contribution in [0.1, 0.15) is 53.9 Å². The second-order valence-corrected chi connectivity index (χ2v) is 7.89. The average Bonchev–Trinajstić information content (AvgIpc) is 2.93. The predicted octanol–water partition coefficient (Wildman–Crippen LogP) is 5.75. The molecule has 0 spiro atoms. The number of halogens is 2. The zero-order valence-electron chi connectivity index (χ0n) is 15.2. The van der Waals surface area contributed by atoms with Crippen molar-refractivity contribution in [2.75, 3.05) is 13.1 Å². The number of likely N-dealkylation sites (tertiary alicyclic amines) is 1. The van der Waals surface area contributed by atoms with Crippen LogP contribution in [-0.4, -0.2) is 29.7 Å². The minimum Gasteiger partial charge on any atom is -0.342 e. The molecule has 0 N–H and O–H groups in total. The van der Waals surface area contributed by atoms with Crippen LogP contribution in [0.25, 0.3) is 0 Å². The van der Waals surface area contributed by atoms with Crippen LogP contribution < -0.4 is 0 Å². The Bertz CT molecular complexity index is 787. The highest BCUT2D eigenvalue weighted by Gasteiger charge is 2.23. The maximum atomic E-state index is 12.7. The van der Waals surface area contributed by atoms with E-state index in [2.05, 4.69) is 0 Å². The number of carbonyl (C=O) groups excluding carboxylic acids is 2. The second kappa shape index (κ2) is 9.38. The molecule has 2 aromatic carbocycles. The summed E-state index contributed by atoms with van der Waals surface area (Å²) in [5, 5.41) is 1.32. The van der Waals surface area contributed by atoms with Crippen molar-refractivity contribution in [3.05, 3.63) is 69.7 Å². The van der Waals surface area contributed by atoms with Crippen LogP contribution in [0.15, 0.2) is 48.5 Å². The summed E-state index contributed by atoms with van der Waals surface area (Å²) in [7, 11) is 0. The molecular weight excluding hydrogens is 381 g/mol. The van der Waals surface area contributed by atoms with Crippen molar-refractivity contribution in [1.82, 2.24) is 4.90 Å². The first-order valence-electron chi connectivity index (χ1n) is 9.35. The first-order chi connectivity index (χ1) is 13.0. The van der Waals surface area contributed by atoms with E-state index in [0.29, 0.717) is 23.0 Å². The number of hydrogen-bond donors (Lipinski definition) is 0. The Morgan fingerprint density at radius 3 is 2.19 bits per heavy atom. The topological polar surface area (TPSA) is 37.4 Å². The van der Waals surface area contributed by atoms with Gasteiger partial charge in [0.15, 0.2) is 5.78 Å². The molecule has 2 aromatic rings. The third kappa shape index (κ3) is 5.57. The molecule has 0 saturated carbocycles. The summed E-state index contributed by atoms with van der Waals surface area (Å²) in [4.78, 5) is 26.9. The summed E-state index contributed by atoms with van der Waals surface area (Å²) in [6, 6.07) is 14.7. The average molecular weight is 404 g/mol. The normalized spacial score (nSPS) is 17.4. The van der Waals surface area contributed by atoms with Gasteiger partial charge in [0.05, 0.1) is 0 Å². The number of Topliss-reactive ketones (excluding diaryl/α,β-unsaturated/α-hetero) is 1. The number of carbonyl (C=O) groups is 2. The lowest BCUT2D eigenvalue weighted by molar-refractivity contribution is -0.131. The molecule has 1 fully saturated rings. The molecule has 0 aliphatic carbocycles. The number of ketones is 1. The highest BCUT2D eigenvalue weighted by Crippen LogP contribution is 2.28. The Kier molecular flexibility index (Phi) is 6.92. The van der Waals surface area contributed by atoms with Crippen LogP contribution in [-0.2, 0) is 4.79 Å². The molecule has 0 aromatic heterocycles. The van der Waals surface area contributed by atoms with E-state index in [0.717, 1.165) is 30.8 Å². The fourth-order valence-corrected chi connectivity index (χ4v) is 3.79. The van der Waals surface area contributed by atoms with E-state index in [1.165, 1.54) is 5.56 Å². The van der Waals surface area contributed by atoms with Crippen molar-refractivity contribution >= 4 is 34.9 Å². The van der Waals surface area contributed by atoms with Crippen LogP contribution >= 0.6 is 23.2 Å². The fourth-order valence-electron chi connectivity index (χ4n) is 3.53. The van der Waals surface area contributed by atoms with E-state index < -0.39 is 0 Å². The molecule has 0 bridgehead atoms. The molecule has 1 aliphatic heterocycles. The summed E-state index contributed by atoms with van der Waals surface area (Å²) in [5.74, 6) is 0.350. The van der Waals surface area contributed by atoms with Gasteiger partial charge in [-0.3, -0.25) is 9.59 Å². The van der Waals surface area contributed by atoms with Crippen molar-refractivity contribution in [2.45, 2.75) is 38.0 Å². The van der Waals surface area contributed by atoms with E-state index in [1.807, 2.05) is 29.2 Å². The Morgan fingerprint density at radius 2 is 1.52 bits per heavy atom. The third-order valence-electron chi connectivity index (χ3n) is 5.10. The van der Waals surface area contributed by atoms with Gasteiger partial charge in [0, 0.05) is 47.5 Å². The van der Waals surface area contributed by atoms with Crippen LogP contribution in [0.4, 0.5) is 0 Å². The van der Waals surface area contributed by atoms with E-state index in [4.69, 9.17) is 23.2 Å². The molecule has 0 radical (unpaired) electrons. The molecule has 1 aliphatic rings. The minimum atomic E-state index is -0.0240. The molecule has 27 heavy (non-hydrogen) atoms. The van der Waals surface area contributed by atoms with Gasteiger partial charge in [0.25, 0.3) is 0 Å². The number of amides is 1. The van der Waals surface area contributed by atoms with Gasteiger partial charge in [-0.25, -0.2) is 0 Å². The summed E-state index contributed by atoms with van der Waals surface area (Å²) < 4.78 is 0. The standard InChI is InChI=1S/C22H23Cl2NO2/c23-19-8-4-16(5-9-19)18-3-1-2-14-25(15-18)22(27)13-12-21(26)17-6-10-20(24)11-7-17/h4-11,18H,1-3,12-15H2. The van der Waals surface area contributed by atoms with Crippen molar-refractivity contribution in [1.29, 1.82) is 0 Å². The van der Waals surface area contributed by atoms with Crippen molar-refractivity contribution in [3.8, 4) is 0 Å². The van der Waals surface area contributed by atoms with E-state index in [-0.39, 0.29) is 24.5 Å². The Morgan fingerprint density at radius 1 is 0.889 bits per heavy atom. The first-order valence-corrected chi connectivity index (χ1v) is 10.1. The Balaban J connectivity index is 1.58. The zero-order chi connectivity index (χ0) is 19.2. The lowest BCUT2D eigenvalue weighted by atomic mass is 9.94. The first kappa shape index (κ1) is 19.9. The lowest BCUT2D eigenvalue weighted by Gasteiger charge is -2.25. The number of rotatable bonds is 5. The van der Waals surface area contributed by atoms with E-state index in [1.54, 1.807) is 24.3 Å². The summed E-state index contributed by atoms with van der Waals surface area (Å²) in [6.07, 6.45) is 3.63. The quantitative estimate of drug-likeness (QED) is 0.595. The van der Waals surface area contributed by atoms with Gasteiger partial charge in [-0.05, 0) is 54.8 Å². The number of nitrogens with zero attached hydrogens (tertiary/aromatic N) is 1. The molecular formula is C22H23Cl2NO2. The van der Waals surface area contributed by atoms with Crippen LogP contribution in [0.5, 0.6) is 0 Å². The van der Waals surface area contributed by atoms with Gasteiger partial charge in [-0.1, -0.05) is 41.8 Å². The number of benzene rings is 2. The third-order valence-corrected chi connectivity index (χ3v) is 5.60.